The Morgan fingerprint density at radius 1 is 0.933 bits per heavy atom. The molecule has 0 amide bonds. The van der Waals surface area contributed by atoms with Gasteiger partial charge in [-0.05, 0) is 12.1 Å². The van der Waals surface area contributed by atoms with Gasteiger partial charge in [0.2, 0.25) is 5.89 Å². The number of guanidine groups is 1. The molecule has 0 fully saturated rings. The van der Waals surface area contributed by atoms with Crippen LogP contribution in [-0.4, -0.2) is 23.0 Å². The van der Waals surface area contributed by atoms with Crippen molar-refractivity contribution < 1.29 is 4.42 Å². The van der Waals surface area contributed by atoms with Crippen LogP contribution in [0.25, 0.3) is 22.7 Å². The Morgan fingerprint density at radius 2 is 1.60 bits per heavy atom. The lowest BCUT2D eigenvalue weighted by atomic mass is 10.2. The molecule has 0 saturated carbocycles. The minimum absolute atomic E-state index is 0. The molecule has 0 bridgehead atoms. The van der Waals surface area contributed by atoms with Gasteiger partial charge in [0.25, 0.3) is 0 Å². The van der Waals surface area contributed by atoms with Gasteiger partial charge in [-0.25, -0.2) is 9.97 Å². The maximum atomic E-state index is 5.57. The first-order valence-electron chi connectivity index (χ1n) is 9.26. The zero-order valence-electron chi connectivity index (χ0n) is 16.4. The first-order chi connectivity index (χ1) is 14.3. The van der Waals surface area contributed by atoms with Crippen molar-refractivity contribution in [2.24, 2.45) is 4.99 Å². The lowest BCUT2D eigenvalue weighted by molar-refractivity contribution is 0.572. The zero-order valence-corrected chi connectivity index (χ0v) is 19.6. The number of nitrogens with one attached hydrogen (secondary N) is 2. The second-order valence-electron chi connectivity index (χ2n) is 6.28. The summed E-state index contributed by atoms with van der Waals surface area (Å²) in [5.74, 6) is 1.30. The fourth-order valence-electron chi connectivity index (χ4n) is 2.79. The fraction of sp³-hybridized carbons (Fsp3) is 0.136. The number of aliphatic imine (C=N–C) groups is 1. The van der Waals surface area contributed by atoms with Gasteiger partial charge in [0.15, 0.2) is 5.96 Å². The van der Waals surface area contributed by atoms with Crippen LogP contribution in [0.4, 0.5) is 0 Å². The minimum atomic E-state index is 0. The van der Waals surface area contributed by atoms with Gasteiger partial charge in [0, 0.05) is 23.6 Å². The Hall–Kier alpha value is -2.72. The molecule has 0 aliphatic rings. The van der Waals surface area contributed by atoms with Gasteiger partial charge >= 0.3 is 0 Å². The van der Waals surface area contributed by atoms with Crippen molar-refractivity contribution in [3.8, 4) is 22.7 Å². The fourth-order valence-corrected chi connectivity index (χ4v) is 3.53. The summed E-state index contributed by atoms with van der Waals surface area (Å²) < 4.78 is 5.57. The van der Waals surface area contributed by atoms with Crippen LogP contribution in [0.15, 0.2) is 81.7 Å². The Kier molecular flexibility index (Phi) is 7.97. The zero-order chi connectivity index (χ0) is 19.9. The van der Waals surface area contributed by atoms with Crippen LogP contribution in [0.2, 0.25) is 0 Å². The van der Waals surface area contributed by atoms with Gasteiger partial charge < -0.3 is 15.1 Å². The molecular formula is C22H22IN5OS. The molecule has 8 heteroatoms. The molecule has 2 aromatic carbocycles. The van der Waals surface area contributed by atoms with Gasteiger partial charge in [0.1, 0.15) is 11.3 Å². The quantitative estimate of drug-likeness (QED) is 0.209. The van der Waals surface area contributed by atoms with E-state index in [2.05, 4.69) is 43.1 Å². The Morgan fingerprint density at radius 3 is 2.30 bits per heavy atom. The van der Waals surface area contributed by atoms with E-state index in [1.54, 1.807) is 24.6 Å². The van der Waals surface area contributed by atoms with Crippen LogP contribution in [0, 0.1) is 0 Å². The van der Waals surface area contributed by atoms with Crippen LogP contribution in [0.1, 0.15) is 10.7 Å². The Bertz CT molecular complexity index is 995. The summed E-state index contributed by atoms with van der Waals surface area (Å²) in [6.45, 7) is 1.12. The Labute approximate surface area is 196 Å². The number of nitrogens with zero attached hydrogens (tertiary/aromatic N) is 3. The van der Waals surface area contributed by atoms with E-state index in [1.807, 2.05) is 48.5 Å². The first-order valence-corrected chi connectivity index (χ1v) is 10.1. The summed E-state index contributed by atoms with van der Waals surface area (Å²) in [5.41, 5.74) is 3.89. The van der Waals surface area contributed by atoms with Crippen molar-refractivity contribution in [2.45, 2.75) is 13.1 Å². The van der Waals surface area contributed by atoms with Crippen LogP contribution < -0.4 is 10.6 Å². The predicted octanol–water partition coefficient (Wildman–Crippen LogP) is 4.95. The number of thiazole rings is 1. The minimum Gasteiger partial charge on any atom is -0.444 e. The number of halogens is 1. The van der Waals surface area contributed by atoms with E-state index >= 15 is 0 Å². The average molecular weight is 531 g/mol. The number of hydrogen-bond acceptors (Lipinski definition) is 5. The summed E-state index contributed by atoms with van der Waals surface area (Å²) in [4.78, 5) is 13.5. The maximum Gasteiger partial charge on any atom is 0.226 e. The van der Waals surface area contributed by atoms with E-state index < -0.39 is 0 Å². The second-order valence-corrected chi connectivity index (χ2v) is 7.22. The molecule has 30 heavy (non-hydrogen) atoms. The van der Waals surface area contributed by atoms with Gasteiger partial charge in [0.05, 0.1) is 24.5 Å². The van der Waals surface area contributed by atoms with Crippen LogP contribution >= 0.6 is 35.3 Å². The highest BCUT2D eigenvalue weighted by Crippen LogP contribution is 2.21. The van der Waals surface area contributed by atoms with Crippen molar-refractivity contribution in [1.29, 1.82) is 0 Å². The first kappa shape index (κ1) is 22.0. The van der Waals surface area contributed by atoms with Crippen LogP contribution in [0.5, 0.6) is 0 Å². The number of rotatable bonds is 6. The molecule has 0 spiro atoms. The Balaban J connectivity index is 0.00000256. The normalized spacial score (nSPS) is 11.0. The number of hydrogen-bond donors (Lipinski definition) is 2. The van der Waals surface area contributed by atoms with Gasteiger partial charge in [-0.3, -0.25) is 4.99 Å². The van der Waals surface area contributed by atoms with Crippen molar-refractivity contribution in [1.82, 2.24) is 20.6 Å². The molecule has 0 atom stereocenters. The van der Waals surface area contributed by atoms with E-state index in [1.165, 1.54) is 0 Å². The molecular weight excluding hydrogens is 509 g/mol. The van der Waals surface area contributed by atoms with E-state index in [0.717, 1.165) is 27.5 Å². The van der Waals surface area contributed by atoms with Crippen molar-refractivity contribution in [2.75, 3.05) is 7.05 Å². The summed E-state index contributed by atoms with van der Waals surface area (Å²) in [7, 11) is 1.74. The highest BCUT2D eigenvalue weighted by atomic mass is 127. The molecule has 2 aromatic heterocycles. The summed E-state index contributed by atoms with van der Waals surface area (Å²) in [5, 5.41) is 9.61. The van der Waals surface area contributed by atoms with E-state index in [0.29, 0.717) is 24.9 Å². The summed E-state index contributed by atoms with van der Waals surface area (Å²) >= 11 is 1.63. The highest BCUT2D eigenvalue weighted by molar-refractivity contribution is 14.0. The molecule has 6 nitrogen and oxygen atoms in total. The van der Waals surface area contributed by atoms with Crippen molar-refractivity contribution in [3.63, 3.8) is 0 Å². The van der Waals surface area contributed by atoms with Gasteiger partial charge in [-0.2, -0.15) is 0 Å². The molecule has 4 aromatic rings. The standard InChI is InChI=1S/C22H21N5OS.HI/c1-23-22(24-12-18-14-28-21(26-18)17-10-6-3-7-11-17)25-13-20-27-19(15-29-20)16-8-4-2-5-9-16;/h2-11,14-15H,12-13H2,1H3,(H2,23,24,25);1H. The molecule has 154 valence electrons. The second kappa shape index (κ2) is 10.9. The monoisotopic (exact) mass is 531 g/mol. The highest BCUT2D eigenvalue weighted by Gasteiger charge is 2.08. The average Bonchev–Trinajstić information content (AvgIpc) is 3.45. The molecule has 0 aliphatic heterocycles. The largest absolute Gasteiger partial charge is 0.444 e. The molecule has 0 unspecified atom stereocenters. The lowest BCUT2D eigenvalue weighted by Crippen LogP contribution is -2.36. The molecule has 0 aliphatic carbocycles. The SMILES string of the molecule is CN=C(NCc1coc(-c2ccccc2)n1)NCc1nc(-c2ccccc2)cs1.I. The summed E-state index contributed by atoms with van der Waals surface area (Å²) in [6.07, 6.45) is 1.66. The molecule has 0 saturated heterocycles. The number of aromatic nitrogens is 2. The maximum absolute atomic E-state index is 5.57. The smallest absolute Gasteiger partial charge is 0.226 e. The summed E-state index contributed by atoms with van der Waals surface area (Å²) in [6, 6.07) is 20.0. The molecule has 2 heterocycles. The third-order valence-electron chi connectivity index (χ3n) is 4.26. The number of benzene rings is 2. The molecule has 0 radical (unpaired) electrons. The van der Waals surface area contributed by atoms with Crippen molar-refractivity contribution >= 4 is 41.3 Å². The topological polar surface area (TPSA) is 75.3 Å². The van der Waals surface area contributed by atoms with Crippen LogP contribution in [0.3, 0.4) is 0 Å². The lowest BCUT2D eigenvalue weighted by Gasteiger charge is -2.09. The number of oxazole rings is 1. The predicted molar refractivity (Wildman–Crippen MR) is 132 cm³/mol. The van der Waals surface area contributed by atoms with Gasteiger partial charge in [-0.15, -0.1) is 35.3 Å². The van der Waals surface area contributed by atoms with E-state index in [9.17, 15) is 0 Å². The van der Waals surface area contributed by atoms with Gasteiger partial charge in [-0.1, -0.05) is 48.5 Å². The van der Waals surface area contributed by atoms with Crippen LogP contribution in [-0.2, 0) is 13.1 Å². The molecule has 4 rings (SSSR count). The third-order valence-corrected chi connectivity index (χ3v) is 5.11. The van der Waals surface area contributed by atoms with E-state index in [4.69, 9.17) is 4.42 Å². The van der Waals surface area contributed by atoms with E-state index in [-0.39, 0.29) is 24.0 Å². The third kappa shape index (κ3) is 5.67. The molecule has 2 N–H and O–H groups in total. The van der Waals surface area contributed by atoms with Crippen molar-refractivity contribution in [3.05, 3.63) is 83.0 Å².